The van der Waals surface area contributed by atoms with Crippen molar-refractivity contribution in [1.82, 2.24) is 15.2 Å². The van der Waals surface area contributed by atoms with Crippen LogP contribution in [0.2, 0.25) is 0 Å². The van der Waals surface area contributed by atoms with Gasteiger partial charge in [-0.05, 0) is 54.1 Å². The first-order valence-corrected chi connectivity index (χ1v) is 9.38. The molecule has 154 valence electrons. The number of H-pyrrole nitrogens is 1. The van der Waals surface area contributed by atoms with E-state index in [4.69, 9.17) is 4.74 Å². The van der Waals surface area contributed by atoms with Crippen molar-refractivity contribution in [2.75, 3.05) is 11.9 Å². The van der Waals surface area contributed by atoms with Crippen molar-refractivity contribution in [3.8, 4) is 22.4 Å². The summed E-state index contributed by atoms with van der Waals surface area (Å²) >= 11 is 0. The average Bonchev–Trinajstić information content (AvgIpc) is 3.22. The summed E-state index contributed by atoms with van der Waals surface area (Å²) in [5.41, 5.74) is 3.00. The number of hydrogen-bond acceptors (Lipinski definition) is 5. The number of rotatable bonds is 6. The molecule has 0 fully saturated rings. The van der Waals surface area contributed by atoms with Crippen LogP contribution in [0.3, 0.4) is 0 Å². The highest BCUT2D eigenvalue weighted by molar-refractivity contribution is 5.99. The second kappa shape index (κ2) is 9.00. The predicted molar refractivity (Wildman–Crippen MR) is 113 cm³/mol. The van der Waals surface area contributed by atoms with Crippen LogP contribution in [0.15, 0.2) is 79.1 Å². The average molecular weight is 416 g/mol. The lowest BCUT2D eigenvalue weighted by atomic mass is 10.0. The van der Waals surface area contributed by atoms with Crippen LogP contribution in [0.1, 0.15) is 10.4 Å². The van der Waals surface area contributed by atoms with Gasteiger partial charge in [-0.1, -0.05) is 18.2 Å². The van der Waals surface area contributed by atoms with Crippen LogP contribution in [-0.4, -0.2) is 33.7 Å². The first kappa shape index (κ1) is 20.0. The molecule has 4 rings (SSSR count). The Labute approximate surface area is 176 Å². The van der Waals surface area contributed by atoms with E-state index < -0.39 is 18.5 Å². The van der Waals surface area contributed by atoms with E-state index in [0.29, 0.717) is 22.4 Å². The number of nitrogens with zero attached hydrogens (tertiary/aromatic N) is 2. The summed E-state index contributed by atoms with van der Waals surface area (Å²) in [5.74, 6) is -1.25. The zero-order chi connectivity index (χ0) is 21.6. The van der Waals surface area contributed by atoms with Crippen LogP contribution in [0.5, 0.6) is 0 Å². The van der Waals surface area contributed by atoms with Gasteiger partial charge in [-0.15, -0.1) is 0 Å². The summed E-state index contributed by atoms with van der Waals surface area (Å²) < 4.78 is 18.4. The first-order valence-electron chi connectivity index (χ1n) is 9.38. The number of ether oxygens (including phenoxy) is 1. The Morgan fingerprint density at radius 3 is 2.35 bits per heavy atom. The van der Waals surface area contributed by atoms with Crippen LogP contribution in [0, 0.1) is 5.82 Å². The first-order chi connectivity index (χ1) is 15.1. The molecule has 7 nitrogen and oxygen atoms in total. The second-order valence-electron chi connectivity index (χ2n) is 6.56. The molecule has 31 heavy (non-hydrogen) atoms. The van der Waals surface area contributed by atoms with E-state index in [1.165, 1.54) is 12.1 Å². The molecule has 1 amide bonds. The fourth-order valence-electron chi connectivity index (χ4n) is 3.01. The molecule has 2 N–H and O–H groups in total. The Morgan fingerprint density at radius 2 is 1.65 bits per heavy atom. The minimum atomic E-state index is -0.598. The monoisotopic (exact) mass is 416 g/mol. The number of carbonyl (C=O) groups is 2. The molecule has 0 aliphatic carbocycles. The maximum Gasteiger partial charge on any atom is 0.338 e. The number of amides is 1. The second-order valence-corrected chi connectivity index (χ2v) is 6.56. The lowest BCUT2D eigenvalue weighted by Gasteiger charge is -2.08. The zero-order valence-electron chi connectivity index (χ0n) is 16.2. The number of carbonyl (C=O) groups excluding carboxylic acids is 2. The van der Waals surface area contributed by atoms with Gasteiger partial charge in [-0.25, -0.2) is 9.18 Å². The summed E-state index contributed by atoms with van der Waals surface area (Å²) in [6, 6.07) is 17.8. The fraction of sp³-hybridized carbons (Fsp3) is 0.0435. The molecule has 4 aromatic rings. The van der Waals surface area contributed by atoms with Crippen molar-refractivity contribution in [3.63, 3.8) is 0 Å². The highest BCUT2D eigenvalue weighted by Gasteiger charge is 2.19. The van der Waals surface area contributed by atoms with Gasteiger partial charge >= 0.3 is 5.97 Å². The van der Waals surface area contributed by atoms with Crippen molar-refractivity contribution in [2.45, 2.75) is 0 Å². The number of hydrogen-bond donors (Lipinski definition) is 2. The minimum absolute atomic E-state index is 0.256. The van der Waals surface area contributed by atoms with Gasteiger partial charge in [0.15, 0.2) is 12.4 Å². The molecule has 0 aliphatic heterocycles. The predicted octanol–water partition coefficient (Wildman–Crippen LogP) is 4.07. The Kier molecular flexibility index (Phi) is 5.79. The number of anilines is 1. The molecule has 8 heteroatoms. The molecule has 2 aromatic heterocycles. The van der Waals surface area contributed by atoms with Crippen LogP contribution in [0.4, 0.5) is 10.2 Å². The summed E-state index contributed by atoms with van der Waals surface area (Å²) in [6.07, 6.45) is 3.23. The van der Waals surface area contributed by atoms with Crippen LogP contribution in [-0.2, 0) is 9.53 Å². The van der Waals surface area contributed by atoms with Gasteiger partial charge in [0.2, 0.25) is 0 Å². The van der Waals surface area contributed by atoms with E-state index in [-0.39, 0.29) is 11.6 Å². The van der Waals surface area contributed by atoms with Crippen molar-refractivity contribution in [1.29, 1.82) is 0 Å². The largest absolute Gasteiger partial charge is 0.452 e. The van der Waals surface area contributed by atoms with Gasteiger partial charge in [0, 0.05) is 18.0 Å². The molecule has 0 radical (unpaired) electrons. The molecule has 2 heterocycles. The highest BCUT2D eigenvalue weighted by Crippen LogP contribution is 2.35. The maximum atomic E-state index is 13.3. The van der Waals surface area contributed by atoms with Gasteiger partial charge in [0.25, 0.3) is 5.91 Å². The lowest BCUT2D eigenvalue weighted by molar-refractivity contribution is -0.119. The van der Waals surface area contributed by atoms with E-state index >= 15 is 0 Å². The number of benzene rings is 2. The molecule has 0 spiro atoms. The Balaban J connectivity index is 1.56. The summed E-state index contributed by atoms with van der Waals surface area (Å²) in [6.45, 7) is -0.470. The SMILES string of the molecule is O=C(COC(=O)c1ccccc1)Nc1n[nH]c(-c2ccc(F)cc2)c1-c1ccncc1. The quantitative estimate of drug-likeness (QED) is 0.462. The standard InChI is InChI=1S/C23H17FN4O3/c24-18-8-6-16(7-9-18)21-20(15-10-12-25-13-11-15)22(28-27-21)26-19(29)14-31-23(30)17-4-2-1-3-5-17/h1-13H,14H2,(H2,26,27,28,29). The molecule has 0 saturated heterocycles. The molecular weight excluding hydrogens is 399 g/mol. The van der Waals surface area contributed by atoms with Crippen molar-refractivity contribution in [3.05, 3.63) is 90.5 Å². The van der Waals surface area contributed by atoms with Crippen molar-refractivity contribution < 1.29 is 18.7 Å². The van der Waals surface area contributed by atoms with Gasteiger partial charge < -0.3 is 10.1 Å². The molecule has 2 aromatic carbocycles. The molecule has 0 bridgehead atoms. The third kappa shape index (κ3) is 4.64. The molecule has 0 atom stereocenters. The smallest absolute Gasteiger partial charge is 0.338 e. The number of pyridine rings is 1. The van der Waals surface area contributed by atoms with Gasteiger partial charge in [0.05, 0.1) is 16.8 Å². The van der Waals surface area contributed by atoms with Crippen molar-refractivity contribution >= 4 is 17.7 Å². The van der Waals surface area contributed by atoms with Crippen LogP contribution in [0.25, 0.3) is 22.4 Å². The van der Waals surface area contributed by atoms with Gasteiger partial charge in [-0.2, -0.15) is 5.10 Å². The van der Waals surface area contributed by atoms with E-state index in [9.17, 15) is 14.0 Å². The third-order valence-electron chi connectivity index (χ3n) is 4.47. The van der Waals surface area contributed by atoms with E-state index in [1.807, 2.05) is 0 Å². The van der Waals surface area contributed by atoms with E-state index in [2.05, 4.69) is 20.5 Å². The van der Waals surface area contributed by atoms with Gasteiger partial charge in [0.1, 0.15) is 5.82 Å². The third-order valence-corrected chi connectivity index (χ3v) is 4.47. The Hall–Kier alpha value is -4.33. The zero-order valence-corrected chi connectivity index (χ0v) is 16.2. The number of halogens is 1. The number of aromatic nitrogens is 3. The summed E-state index contributed by atoms with van der Waals surface area (Å²) in [4.78, 5) is 28.5. The van der Waals surface area contributed by atoms with E-state index in [1.54, 1.807) is 67.0 Å². The molecule has 0 aliphatic rings. The molecule has 0 saturated carbocycles. The number of nitrogens with one attached hydrogen (secondary N) is 2. The highest BCUT2D eigenvalue weighted by atomic mass is 19.1. The molecule has 0 unspecified atom stereocenters. The maximum absolute atomic E-state index is 13.3. The fourth-order valence-corrected chi connectivity index (χ4v) is 3.01. The molecular formula is C23H17FN4O3. The summed E-state index contributed by atoms with van der Waals surface area (Å²) in [5, 5.41) is 9.76. The number of aromatic amines is 1. The van der Waals surface area contributed by atoms with Crippen LogP contribution >= 0.6 is 0 Å². The normalized spacial score (nSPS) is 10.5. The lowest BCUT2D eigenvalue weighted by Crippen LogP contribution is -2.21. The topological polar surface area (TPSA) is 97.0 Å². The minimum Gasteiger partial charge on any atom is -0.452 e. The number of esters is 1. The Morgan fingerprint density at radius 1 is 0.935 bits per heavy atom. The van der Waals surface area contributed by atoms with Crippen molar-refractivity contribution in [2.24, 2.45) is 0 Å². The van der Waals surface area contributed by atoms with Gasteiger partial charge in [-0.3, -0.25) is 14.9 Å². The van der Waals surface area contributed by atoms with Crippen LogP contribution < -0.4 is 5.32 Å². The summed E-state index contributed by atoms with van der Waals surface area (Å²) in [7, 11) is 0. The Bertz CT molecular complexity index is 1190. The van der Waals surface area contributed by atoms with E-state index in [0.717, 1.165) is 5.56 Å².